The van der Waals surface area contributed by atoms with Crippen LogP contribution in [0.2, 0.25) is 0 Å². The van der Waals surface area contributed by atoms with Gasteiger partial charge >= 0.3 is 0 Å². The second-order valence-electron chi connectivity index (χ2n) is 4.22. The summed E-state index contributed by atoms with van der Waals surface area (Å²) in [4.78, 5) is 1.29. The molecule has 1 N–H and O–H groups in total. The Labute approximate surface area is 113 Å². The number of benzene rings is 1. The van der Waals surface area contributed by atoms with Crippen LogP contribution < -0.4 is 5.32 Å². The van der Waals surface area contributed by atoms with Crippen molar-refractivity contribution in [1.29, 1.82) is 0 Å². The third-order valence-electron chi connectivity index (χ3n) is 2.92. The number of hydrogen-bond acceptors (Lipinski definition) is 3. The average molecular weight is 261 g/mol. The highest BCUT2D eigenvalue weighted by Gasteiger charge is 2.14. The van der Waals surface area contributed by atoms with E-state index in [9.17, 15) is 0 Å². The maximum Gasteiger partial charge on any atom is 0.0953 e. The highest BCUT2D eigenvalue weighted by molar-refractivity contribution is 7.98. The van der Waals surface area contributed by atoms with E-state index in [0.717, 1.165) is 13.0 Å². The van der Waals surface area contributed by atoms with Crippen LogP contribution in [0.25, 0.3) is 0 Å². The number of furan rings is 1. The molecule has 1 heterocycles. The fourth-order valence-corrected chi connectivity index (χ4v) is 2.36. The lowest BCUT2D eigenvalue weighted by molar-refractivity contribution is 0.548. The first-order valence-electron chi connectivity index (χ1n) is 6.24. The molecule has 0 aliphatic rings. The quantitative estimate of drug-likeness (QED) is 0.793. The van der Waals surface area contributed by atoms with Crippen LogP contribution in [0.15, 0.2) is 52.2 Å². The lowest BCUT2D eigenvalue weighted by Gasteiger charge is -2.17. The summed E-state index contributed by atoms with van der Waals surface area (Å²) < 4.78 is 5.20. The standard InChI is InChI=1S/C15H19NOS/c1-3-9-16-15(13-8-10-17-11-13)12-4-6-14(18-2)7-5-12/h4-8,10-11,15-16H,3,9H2,1-2H3. The van der Waals surface area contributed by atoms with Crippen molar-refractivity contribution in [2.24, 2.45) is 0 Å². The van der Waals surface area contributed by atoms with E-state index in [0.29, 0.717) is 0 Å². The molecule has 3 heteroatoms. The van der Waals surface area contributed by atoms with Crippen molar-refractivity contribution in [1.82, 2.24) is 5.32 Å². The van der Waals surface area contributed by atoms with Gasteiger partial charge < -0.3 is 9.73 Å². The van der Waals surface area contributed by atoms with Crippen LogP contribution in [-0.2, 0) is 0 Å². The molecular weight excluding hydrogens is 242 g/mol. The van der Waals surface area contributed by atoms with Gasteiger partial charge in [-0.2, -0.15) is 0 Å². The van der Waals surface area contributed by atoms with Crippen molar-refractivity contribution in [2.75, 3.05) is 12.8 Å². The van der Waals surface area contributed by atoms with E-state index in [-0.39, 0.29) is 6.04 Å². The van der Waals surface area contributed by atoms with Gasteiger partial charge in [0.25, 0.3) is 0 Å². The zero-order valence-corrected chi connectivity index (χ0v) is 11.7. The van der Waals surface area contributed by atoms with E-state index < -0.39 is 0 Å². The summed E-state index contributed by atoms with van der Waals surface area (Å²) in [5.74, 6) is 0. The van der Waals surface area contributed by atoms with E-state index in [1.54, 1.807) is 18.0 Å². The highest BCUT2D eigenvalue weighted by Crippen LogP contribution is 2.24. The van der Waals surface area contributed by atoms with Crippen LogP contribution >= 0.6 is 11.8 Å². The number of rotatable bonds is 6. The maximum atomic E-state index is 5.20. The van der Waals surface area contributed by atoms with Gasteiger partial charge in [-0.15, -0.1) is 11.8 Å². The molecule has 0 saturated heterocycles. The summed E-state index contributed by atoms with van der Waals surface area (Å²) >= 11 is 1.77. The van der Waals surface area contributed by atoms with Crippen molar-refractivity contribution in [3.05, 3.63) is 54.0 Å². The van der Waals surface area contributed by atoms with Gasteiger partial charge in [-0.25, -0.2) is 0 Å². The van der Waals surface area contributed by atoms with E-state index >= 15 is 0 Å². The van der Waals surface area contributed by atoms with Gasteiger partial charge in [0.1, 0.15) is 0 Å². The Hall–Kier alpha value is -1.19. The molecule has 2 aromatic rings. The molecule has 1 aromatic heterocycles. The van der Waals surface area contributed by atoms with E-state index in [1.165, 1.54) is 16.0 Å². The summed E-state index contributed by atoms with van der Waals surface area (Å²) in [5.41, 5.74) is 2.46. The molecule has 0 amide bonds. The normalized spacial score (nSPS) is 12.6. The van der Waals surface area contributed by atoms with Crippen LogP contribution in [0.4, 0.5) is 0 Å². The zero-order chi connectivity index (χ0) is 12.8. The summed E-state index contributed by atoms with van der Waals surface area (Å²) in [6, 6.07) is 11.0. The monoisotopic (exact) mass is 261 g/mol. The minimum atomic E-state index is 0.222. The number of thioether (sulfide) groups is 1. The van der Waals surface area contributed by atoms with Crippen LogP contribution in [0.1, 0.15) is 30.5 Å². The van der Waals surface area contributed by atoms with Gasteiger partial charge in [-0.1, -0.05) is 19.1 Å². The number of hydrogen-bond donors (Lipinski definition) is 1. The van der Waals surface area contributed by atoms with Gasteiger partial charge in [0.2, 0.25) is 0 Å². The van der Waals surface area contributed by atoms with Crippen LogP contribution in [-0.4, -0.2) is 12.8 Å². The molecule has 1 aromatic carbocycles. The Balaban J connectivity index is 2.21. The minimum absolute atomic E-state index is 0.222. The molecule has 2 rings (SSSR count). The van der Waals surface area contributed by atoms with Gasteiger partial charge in [-0.05, 0) is 43.0 Å². The topological polar surface area (TPSA) is 25.2 Å². The van der Waals surface area contributed by atoms with Crippen LogP contribution in [0.3, 0.4) is 0 Å². The highest BCUT2D eigenvalue weighted by atomic mass is 32.2. The molecule has 1 atom stereocenters. The lowest BCUT2D eigenvalue weighted by Crippen LogP contribution is -2.22. The van der Waals surface area contributed by atoms with Crippen molar-refractivity contribution in [3.63, 3.8) is 0 Å². The summed E-state index contributed by atoms with van der Waals surface area (Å²) in [6.45, 7) is 3.18. The predicted octanol–water partition coefficient (Wildman–Crippen LogP) is 4.09. The third kappa shape index (κ3) is 3.18. The molecular formula is C15H19NOS. The lowest BCUT2D eigenvalue weighted by atomic mass is 10.0. The predicted molar refractivity (Wildman–Crippen MR) is 77.1 cm³/mol. The molecule has 0 bridgehead atoms. The molecule has 2 nitrogen and oxygen atoms in total. The van der Waals surface area contributed by atoms with Crippen molar-refractivity contribution in [2.45, 2.75) is 24.3 Å². The molecule has 96 valence electrons. The number of nitrogens with one attached hydrogen (secondary N) is 1. The van der Waals surface area contributed by atoms with Crippen molar-refractivity contribution < 1.29 is 4.42 Å². The fourth-order valence-electron chi connectivity index (χ4n) is 1.95. The molecule has 18 heavy (non-hydrogen) atoms. The Morgan fingerprint density at radius 2 is 1.94 bits per heavy atom. The second-order valence-corrected chi connectivity index (χ2v) is 5.10. The Bertz CT molecular complexity index is 450. The largest absolute Gasteiger partial charge is 0.472 e. The SMILES string of the molecule is CCCNC(c1ccc(SC)cc1)c1ccoc1. The minimum Gasteiger partial charge on any atom is -0.472 e. The van der Waals surface area contributed by atoms with Crippen molar-refractivity contribution >= 4 is 11.8 Å². The first kappa shape index (κ1) is 13.2. The van der Waals surface area contributed by atoms with E-state index in [1.807, 2.05) is 12.3 Å². The first-order chi connectivity index (χ1) is 8.85. The fraction of sp³-hybridized carbons (Fsp3) is 0.333. The average Bonchev–Trinajstić information content (AvgIpc) is 2.94. The Morgan fingerprint density at radius 3 is 2.50 bits per heavy atom. The molecule has 0 spiro atoms. The zero-order valence-electron chi connectivity index (χ0n) is 10.8. The molecule has 1 unspecified atom stereocenters. The van der Waals surface area contributed by atoms with E-state index in [2.05, 4.69) is 42.8 Å². The molecule has 0 saturated carbocycles. The van der Waals surface area contributed by atoms with Gasteiger partial charge in [0, 0.05) is 10.5 Å². The van der Waals surface area contributed by atoms with Gasteiger partial charge in [-0.3, -0.25) is 0 Å². The maximum absolute atomic E-state index is 5.20. The Kier molecular flexibility index (Phi) is 4.90. The summed E-state index contributed by atoms with van der Waals surface area (Å²) in [7, 11) is 0. The summed E-state index contributed by atoms with van der Waals surface area (Å²) in [5, 5.41) is 3.56. The van der Waals surface area contributed by atoms with Crippen LogP contribution in [0.5, 0.6) is 0 Å². The molecule has 0 aliphatic carbocycles. The molecule has 0 aliphatic heterocycles. The molecule has 0 fully saturated rings. The summed E-state index contributed by atoms with van der Waals surface area (Å²) in [6.07, 6.45) is 6.76. The van der Waals surface area contributed by atoms with Crippen molar-refractivity contribution in [3.8, 4) is 0 Å². The van der Waals surface area contributed by atoms with Gasteiger partial charge in [0.05, 0.1) is 18.6 Å². The van der Waals surface area contributed by atoms with E-state index in [4.69, 9.17) is 4.42 Å². The third-order valence-corrected chi connectivity index (χ3v) is 3.67. The first-order valence-corrected chi connectivity index (χ1v) is 7.47. The van der Waals surface area contributed by atoms with Crippen LogP contribution in [0, 0.1) is 0 Å². The molecule has 0 radical (unpaired) electrons. The Morgan fingerprint density at radius 1 is 1.17 bits per heavy atom. The van der Waals surface area contributed by atoms with Gasteiger partial charge in [0.15, 0.2) is 0 Å². The second kappa shape index (κ2) is 6.66. The smallest absolute Gasteiger partial charge is 0.0953 e.